The first-order valence-corrected chi connectivity index (χ1v) is 11.5. The zero-order chi connectivity index (χ0) is 22.7. The van der Waals surface area contributed by atoms with E-state index in [1.807, 2.05) is 40.0 Å². The van der Waals surface area contributed by atoms with Gasteiger partial charge in [0.15, 0.2) is 0 Å². The van der Waals surface area contributed by atoms with Crippen LogP contribution in [0.1, 0.15) is 27.7 Å². The molecule has 5 rings (SSSR count). The Balaban J connectivity index is 1.48. The number of benzene rings is 1. The number of rotatable bonds is 3. The monoisotopic (exact) mass is 453 g/mol. The smallest absolute Gasteiger partial charge is 0.399 e. The van der Waals surface area contributed by atoms with E-state index in [1.165, 1.54) is 0 Å². The first-order valence-electron chi connectivity index (χ1n) is 11.1. The number of halogens is 1. The fourth-order valence-electron chi connectivity index (χ4n) is 4.32. The van der Waals surface area contributed by atoms with E-state index in [1.54, 1.807) is 0 Å². The van der Waals surface area contributed by atoms with Crippen LogP contribution >= 0.6 is 11.6 Å². The van der Waals surface area contributed by atoms with Crippen LogP contribution in [0.3, 0.4) is 0 Å². The van der Waals surface area contributed by atoms with Gasteiger partial charge in [-0.3, -0.25) is 0 Å². The normalized spacial score (nSPS) is 20.3. The molecular formula is C24H29BClN3O3. The number of pyridine rings is 1. The maximum absolute atomic E-state index is 6.70. The van der Waals surface area contributed by atoms with Crippen LogP contribution in [-0.4, -0.2) is 54.2 Å². The Bertz CT molecular complexity index is 1140. The van der Waals surface area contributed by atoms with Crippen molar-refractivity contribution in [2.45, 2.75) is 38.9 Å². The van der Waals surface area contributed by atoms with E-state index < -0.39 is 18.3 Å². The van der Waals surface area contributed by atoms with Crippen LogP contribution in [0.5, 0.6) is 0 Å². The summed E-state index contributed by atoms with van der Waals surface area (Å²) in [5.74, 6) is 0.988. The number of anilines is 1. The molecule has 6 nitrogen and oxygen atoms in total. The second kappa shape index (κ2) is 7.77. The molecule has 0 amide bonds. The van der Waals surface area contributed by atoms with Crippen LogP contribution < -0.4 is 10.4 Å². The lowest BCUT2D eigenvalue weighted by Gasteiger charge is -2.32. The lowest BCUT2D eigenvalue weighted by atomic mass is 9.78. The fraction of sp³-hybridized carbons (Fsp3) is 0.458. The number of aryl methyl sites for hydroxylation is 1. The van der Waals surface area contributed by atoms with Gasteiger partial charge in [-0.2, -0.15) is 0 Å². The minimum Gasteiger partial charge on any atom is -0.399 e. The average molecular weight is 454 g/mol. The van der Waals surface area contributed by atoms with Crippen molar-refractivity contribution < 1.29 is 14.0 Å². The van der Waals surface area contributed by atoms with Crippen LogP contribution in [-0.2, 0) is 21.1 Å². The van der Waals surface area contributed by atoms with E-state index in [4.69, 9.17) is 30.6 Å². The molecule has 2 saturated heterocycles. The predicted octanol–water partition coefficient (Wildman–Crippen LogP) is 4.03. The number of morpholine rings is 1. The quantitative estimate of drug-likeness (QED) is 0.560. The first kappa shape index (κ1) is 21.8. The predicted molar refractivity (Wildman–Crippen MR) is 130 cm³/mol. The van der Waals surface area contributed by atoms with E-state index >= 15 is 0 Å². The van der Waals surface area contributed by atoms with Crippen LogP contribution in [0.4, 0.5) is 5.82 Å². The minimum absolute atomic E-state index is 0.411. The van der Waals surface area contributed by atoms with Gasteiger partial charge in [-0.15, -0.1) is 0 Å². The Morgan fingerprint density at radius 3 is 2.31 bits per heavy atom. The Morgan fingerprint density at radius 2 is 1.69 bits per heavy atom. The van der Waals surface area contributed by atoms with Crippen molar-refractivity contribution in [3.63, 3.8) is 0 Å². The molecule has 32 heavy (non-hydrogen) atoms. The minimum atomic E-state index is -0.491. The molecule has 0 saturated carbocycles. The molecule has 0 spiro atoms. The van der Waals surface area contributed by atoms with Crippen molar-refractivity contribution in [2.24, 2.45) is 7.05 Å². The van der Waals surface area contributed by atoms with Crippen LogP contribution in [0.2, 0.25) is 5.02 Å². The van der Waals surface area contributed by atoms with Gasteiger partial charge >= 0.3 is 7.12 Å². The second-order valence-corrected chi connectivity index (χ2v) is 10.0. The second-order valence-electron chi connectivity index (χ2n) is 9.61. The SMILES string of the molecule is Cn1c(-c2ccc(N3CCOCC3)nc2)cc2cc(B3OC(C)(C)C(C)(C)O3)c(Cl)cc21. The van der Waals surface area contributed by atoms with Gasteiger partial charge in [0.05, 0.1) is 30.1 Å². The van der Waals surface area contributed by atoms with Gasteiger partial charge in [0.1, 0.15) is 5.82 Å². The molecule has 0 atom stereocenters. The molecule has 2 aromatic heterocycles. The fourth-order valence-corrected chi connectivity index (χ4v) is 4.57. The van der Waals surface area contributed by atoms with Crippen molar-refractivity contribution in [1.29, 1.82) is 0 Å². The number of fused-ring (bicyclic) bond motifs is 1. The van der Waals surface area contributed by atoms with Gasteiger partial charge in [0, 0.05) is 47.9 Å². The molecule has 0 aliphatic carbocycles. The highest BCUT2D eigenvalue weighted by molar-refractivity contribution is 6.66. The zero-order valence-electron chi connectivity index (χ0n) is 19.3. The summed E-state index contributed by atoms with van der Waals surface area (Å²) in [4.78, 5) is 6.97. The van der Waals surface area contributed by atoms with Gasteiger partial charge in [0.25, 0.3) is 0 Å². The molecule has 0 bridgehead atoms. The van der Waals surface area contributed by atoms with Crippen molar-refractivity contribution in [3.05, 3.63) is 41.6 Å². The summed E-state index contributed by atoms with van der Waals surface area (Å²) < 4.78 is 20.1. The molecule has 0 radical (unpaired) electrons. The molecule has 0 unspecified atom stereocenters. The summed E-state index contributed by atoms with van der Waals surface area (Å²) >= 11 is 6.70. The van der Waals surface area contributed by atoms with Crippen LogP contribution in [0.25, 0.3) is 22.2 Å². The third kappa shape index (κ3) is 3.61. The number of hydrogen-bond donors (Lipinski definition) is 0. The Morgan fingerprint density at radius 1 is 1.00 bits per heavy atom. The topological polar surface area (TPSA) is 48.8 Å². The molecule has 2 aliphatic rings. The molecule has 2 fully saturated rings. The average Bonchev–Trinajstić information content (AvgIpc) is 3.19. The Kier molecular flexibility index (Phi) is 5.29. The first-order chi connectivity index (χ1) is 15.2. The number of aromatic nitrogens is 2. The van der Waals surface area contributed by atoms with Crippen molar-refractivity contribution in [2.75, 3.05) is 31.2 Å². The number of ether oxygens (including phenoxy) is 1. The third-order valence-corrected chi connectivity index (χ3v) is 7.37. The molecule has 0 N–H and O–H groups in total. The molecule has 4 heterocycles. The van der Waals surface area contributed by atoms with E-state index in [0.717, 1.165) is 59.7 Å². The molecule has 168 valence electrons. The maximum atomic E-state index is 6.70. The summed E-state index contributed by atoms with van der Waals surface area (Å²) in [6.45, 7) is 11.4. The molecule has 3 aromatic rings. The van der Waals surface area contributed by atoms with E-state index in [9.17, 15) is 0 Å². The summed E-state index contributed by atoms with van der Waals surface area (Å²) in [7, 11) is 1.56. The Labute approximate surface area is 194 Å². The van der Waals surface area contributed by atoms with Crippen molar-refractivity contribution >= 4 is 40.9 Å². The maximum Gasteiger partial charge on any atom is 0.496 e. The van der Waals surface area contributed by atoms with Gasteiger partial charge in [-0.1, -0.05) is 17.7 Å². The van der Waals surface area contributed by atoms with Crippen LogP contribution in [0, 0.1) is 0 Å². The summed E-state index contributed by atoms with van der Waals surface area (Å²) in [6, 6.07) is 10.5. The highest BCUT2D eigenvalue weighted by Crippen LogP contribution is 2.38. The summed E-state index contributed by atoms with van der Waals surface area (Å²) in [5, 5.41) is 1.73. The van der Waals surface area contributed by atoms with Gasteiger partial charge < -0.3 is 23.5 Å². The standard InChI is InChI=1S/C24H29BClN3O3/c1-23(2)24(3,4)32-25(31-23)18-12-17-13-20(28(5)21(17)14-19(18)26)16-6-7-22(27-15-16)29-8-10-30-11-9-29/h6-7,12-15H,8-11H2,1-5H3. The number of hydrogen-bond acceptors (Lipinski definition) is 5. The number of nitrogens with zero attached hydrogens (tertiary/aromatic N) is 3. The molecule has 1 aromatic carbocycles. The van der Waals surface area contributed by atoms with Crippen molar-refractivity contribution in [3.8, 4) is 11.3 Å². The summed E-state index contributed by atoms with van der Waals surface area (Å²) in [6.07, 6.45) is 1.94. The highest BCUT2D eigenvalue weighted by atomic mass is 35.5. The lowest BCUT2D eigenvalue weighted by molar-refractivity contribution is 0.00578. The largest absolute Gasteiger partial charge is 0.496 e. The highest BCUT2D eigenvalue weighted by Gasteiger charge is 2.52. The van der Waals surface area contributed by atoms with Crippen molar-refractivity contribution in [1.82, 2.24) is 9.55 Å². The Hall–Kier alpha value is -2.06. The third-order valence-electron chi connectivity index (χ3n) is 7.05. The van der Waals surface area contributed by atoms with Gasteiger partial charge in [-0.05, 0) is 57.3 Å². The summed E-state index contributed by atoms with van der Waals surface area (Å²) in [5.41, 5.74) is 3.24. The van der Waals surface area contributed by atoms with Crippen LogP contribution in [0.15, 0.2) is 36.5 Å². The van der Waals surface area contributed by atoms with Gasteiger partial charge in [0.2, 0.25) is 0 Å². The van der Waals surface area contributed by atoms with E-state index in [2.05, 4.69) is 40.8 Å². The molecule has 8 heteroatoms. The van der Waals surface area contributed by atoms with E-state index in [-0.39, 0.29) is 0 Å². The molecular weight excluding hydrogens is 425 g/mol. The molecule has 2 aliphatic heterocycles. The zero-order valence-corrected chi connectivity index (χ0v) is 20.1. The van der Waals surface area contributed by atoms with E-state index in [0.29, 0.717) is 5.02 Å². The lowest BCUT2D eigenvalue weighted by Crippen LogP contribution is -2.41. The van der Waals surface area contributed by atoms with Gasteiger partial charge in [-0.25, -0.2) is 4.98 Å².